The van der Waals surface area contributed by atoms with Crippen LogP contribution in [0.4, 0.5) is 10.1 Å². The molecule has 0 atom stereocenters. The third kappa shape index (κ3) is 3.95. The summed E-state index contributed by atoms with van der Waals surface area (Å²) in [5.41, 5.74) is 0.400. The van der Waals surface area contributed by atoms with Gasteiger partial charge in [0.1, 0.15) is 22.9 Å². The van der Waals surface area contributed by atoms with Crippen molar-refractivity contribution >= 4 is 34.4 Å². The number of rotatable bonds is 4. The van der Waals surface area contributed by atoms with Gasteiger partial charge in [-0.3, -0.25) is 19.0 Å². The number of amidine groups is 1. The lowest BCUT2D eigenvalue weighted by Gasteiger charge is -2.13. The van der Waals surface area contributed by atoms with E-state index in [-0.39, 0.29) is 30.3 Å². The second-order valence-electron chi connectivity index (χ2n) is 7.68. The number of halogens is 1. The van der Waals surface area contributed by atoms with Crippen LogP contribution in [0.25, 0.3) is 11.0 Å². The number of hydrogen-bond acceptors (Lipinski definition) is 5. The number of aromatic nitrogens is 2. The molecule has 5 rings (SSSR count). The van der Waals surface area contributed by atoms with Crippen LogP contribution in [-0.4, -0.2) is 27.2 Å². The summed E-state index contributed by atoms with van der Waals surface area (Å²) < 4.78 is 15.5. The number of carbonyl (C=O) groups is 2. The summed E-state index contributed by atoms with van der Waals surface area (Å²) in [6.45, 7) is -0.0959. The van der Waals surface area contributed by atoms with Gasteiger partial charge in [-0.15, -0.1) is 0 Å². The molecule has 34 heavy (non-hydrogen) atoms. The molecule has 8 nitrogen and oxygen atoms in total. The molecule has 0 spiro atoms. The van der Waals surface area contributed by atoms with E-state index in [0.717, 1.165) is 0 Å². The van der Waals surface area contributed by atoms with Gasteiger partial charge in [-0.05, 0) is 36.4 Å². The van der Waals surface area contributed by atoms with E-state index in [1.54, 1.807) is 54.6 Å². The molecule has 2 amide bonds. The van der Waals surface area contributed by atoms with Gasteiger partial charge in [0.2, 0.25) is 0 Å². The first-order chi connectivity index (χ1) is 16.5. The number of carbonyl (C=O) groups excluding carboxylic acids is 2. The van der Waals surface area contributed by atoms with Gasteiger partial charge in [0.25, 0.3) is 17.4 Å². The molecule has 2 aromatic carbocycles. The van der Waals surface area contributed by atoms with Crippen molar-refractivity contribution in [2.45, 2.75) is 13.0 Å². The SMILES string of the molecule is O=C(NC1=NN(c2ccccc2)C(=O)C1)c1cc2cccnc2n(Cc2ccccc2F)c1=O. The summed E-state index contributed by atoms with van der Waals surface area (Å²) in [6.07, 6.45) is 1.41. The maximum absolute atomic E-state index is 14.3. The van der Waals surface area contributed by atoms with Crippen molar-refractivity contribution < 1.29 is 14.0 Å². The monoisotopic (exact) mass is 455 g/mol. The lowest BCUT2D eigenvalue weighted by molar-refractivity contribution is -0.116. The van der Waals surface area contributed by atoms with Crippen molar-refractivity contribution in [2.24, 2.45) is 5.10 Å². The number of nitrogens with zero attached hydrogens (tertiary/aromatic N) is 4. The van der Waals surface area contributed by atoms with E-state index in [0.29, 0.717) is 22.3 Å². The summed E-state index contributed by atoms with van der Waals surface area (Å²) in [7, 11) is 0. The molecule has 1 N–H and O–H groups in total. The van der Waals surface area contributed by atoms with Gasteiger partial charge in [0.15, 0.2) is 0 Å². The fourth-order valence-electron chi connectivity index (χ4n) is 3.78. The molecule has 0 bridgehead atoms. The molecule has 1 aliphatic rings. The van der Waals surface area contributed by atoms with Crippen LogP contribution in [0.2, 0.25) is 0 Å². The van der Waals surface area contributed by atoms with E-state index < -0.39 is 17.3 Å². The minimum atomic E-state index is -0.709. The zero-order chi connectivity index (χ0) is 23.7. The summed E-state index contributed by atoms with van der Waals surface area (Å²) in [6, 6.07) is 19.7. The molecule has 0 aliphatic carbocycles. The van der Waals surface area contributed by atoms with Gasteiger partial charge in [-0.25, -0.2) is 9.37 Å². The van der Waals surface area contributed by atoms with Crippen LogP contribution >= 0.6 is 0 Å². The van der Waals surface area contributed by atoms with Crippen molar-refractivity contribution in [3.8, 4) is 0 Å². The van der Waals surface area contributed by atoms with E-state index in [1.165, 1.54) is 27.9 Å². The first-order valence-corrected chi connectivity index (χ1v) is 10.5. The molecule has 168 valence electrons. The summed E-state index contributed by atoms with van der Waals surface area (Å²) >= 11 is 0. The highest BCUT2D eigenvalue weighted by molar-refractivity contribution is 6.18. The van der Waals surface area contributed by atoms with E-state index >= 15 is 0 Å². The van der Waals surface area contributed by atoms with Crippen LogP contribution in [0.15, 0.2) is 88.9 Å². The lowest BCUT2D eigenvalue weighted by Crippen LogP contribution is -2.36. The maximum Gasteiger partial charge on any atom is 0.265 e. The number of para-hydroxylation sites is 1. The number of hydrogen-bond donors (Lipinski definition) is 1. The normalized spacial score (nSPS) is 13.3. The molecule has 9 heteroatoms. The largest absolute Gasteiger partial charge is 0.308 e. The van der Waals surface area contributed by atoms with Crippen molar-refractivity contribution in [2.75, 3.05) is 5.01 Å². The van der Waals surface area contributed by atoms with E-state index in [1.807, 2.05) is 6.07 Å². The highest BCUT2D eigenvalue weighted by Crippen LogP contribution is 2.19. The standard InChI is InChI=1S/C25H18FN5O3/c26-20-11-5-4-7-17(20)15-30-23-16(8-6-12-27-23)13-19(25(30)34)24(33)28-21-14-22(32)31(29-21)18-9-2-1-3-10-18/h1-13H,14-15H2,(H,28,29,33). The van der Waals surface area contributed by atoms with Gasteiger partial charge >= 0.3 is 0 Å². The number of hydrazone groups is 1. The summed E-state index contributed by atoms with van der Waals surface area (Å²) in [4.78, 5) is 43.0. The van der Waals surface area contributed by atoms with Crippen molar-refractivity contribution in [1.29, 1.82) is 0 Å². The summed E-state index contributed by atoms with van der Waals surface area (Å²) in [5.74, 6) is -1.35. The van der Waals surface area contributed by atoms with Crippen LogP contribution in [0.5, 0.6) is 0 Å². The first kappa shape index (κ1) is 21.2. The second-order valence-corrected chi connectivity index (χ2v) is 7.68. The number of benzene rings is 2. The average molecular weight is 455 g/mol. The fraction of sp³-hybridized carbons (Fsp3) is 0.0800. The summed E-state index contributed by atoms with van der Waals surface area (Å²) in [5, 5.41) is 8.52. The van der Waals surface area contributed by atoms with Crippen LogP contribution in [0.1, 0.15) is 22.3 Å². The Morgan fingerprint density at radius 3 is 2.56 bits per heavy atom. The predicted molar refractivity (Wildman–Crippen MR) is 125 cm³/mol. The van der Waals surface area contributed by atoms with Crippen LogP contribution in [0.3, 0.4) is 0 Å². The van der Waals surface area contributed by atoms with Crippen LogP contribution in [0, 0.1) is 5.82 Å². The molecule has 2 aromatic heterocycles. The molecule has 3 heterocycles. The van der Waals surface area contributed by atoms with Crippen molar-refractivity contribution in [3.63, 3.8) is 0 Å². The Balaban J connectivity index is 1.50. The van der Waals surface area contributed by atoms with Crippen LogP contribution in [-0.2, 0) is 11.3 Å². The van der Waals surface area contributed by atoms with Gasteiger partial charge in [-0.1, -0.05) is 36.4 Å². The molecular formula is C25H18FN5O3. The Kier molecular flexibility index (Phi) is 5.43. The minimum absolute atomic E-state index is 0.0959. The quantitative estimate of drug-likeness (QED) is 0.512. The fourth-order valence-corrected chi connectivity index (χ4v) is 3.78. The Labute approximate surface area is 193 Å². The van der Waals surface area contributed by atoms with Gasteiger partial charge < -0.3 is 5.32 Å². The minimum Gasteiger partial charge on any atom is -0.308 e. The third-order valence-electron chi connectivity index (χ3n) is 5.41. The maximum atomic E-state index is 14.3. The molecule has 4 aromatic rings. The highest BCUT2D eigenvalue weighted by atomic mass is 19.1. The Bertz CT molecular complexity index is 1510. The number of fused-ring (bicyclic) bond motifs is 1. The molecule has 0 unspecified atom stereocenters. The van der Waals surface area contributed by atoms with Gasteiger partial charge in [0.05, 0.1) is 18.7 Å². The first-order valence-electron chi connectivity index (χ1n) is 10.5. The van der Waals surface area contributed by atoms with Crippen LogP contribution < -0.4 is 15.9 Å². The Morgan fingerprint density at radius 1 is 1.00 bits per heavy atom. The predicted octanol–water partition coefficient (Wildman–Crippen LogP) is 3.06. The van der Waals surface area contributed by atoms with E-state index in [2.05, 4.69) is 15.4 Å². The molecular weight excluding hydrogens is 437 g/mol. The molecule has 0 saturated carbocycles. The Morgan fingerprint density at radius 2 is 1.76 bits per heavy atom. The lowest BCUT2D eigenvalue weighted by atomic mass is 10.1. The number of nitrogens with one attached hydrogen (secondary N) is 1. The number of pyridine rings is 2. The Hall–Kier alpha value is -4.66. The van der Waals surface area contributed by atoms with Gasteiger partial charge in [-0.2, -0.15) is 10.1 Å². The third-order valence-corrected chi connectivity index (χ3v) is 5.41. The van der Waals surface area contributed by atoms with Gasteiger partial charge in [0, 0.05) is 17.1 Å². The zero-order valence-corrected chi connectivity index (χ0v) is 17.8. The molecule has 0 fully saturated rings. The second kappa shape index (κ2) is 8.70. The average Bonchev–Trinajstić information content (AvgIpc) is 3.22. The van der Waals surface area contributed by atoms with E-state index in [9.17, 15) is 18.8 Å². The number of amides is 2. The molecule has 0 saturated heterocycles. The van der Waals surface area contributed by atoms with Crippen molar-refractivity contribution in [3.05, 3.63) is 106 Å². The molecule has 1 aliphatic heterocycles. The van der Waals surface area contributed by atoms with E-state index in [4.69, 9.17) is 0 Å². The topological polar surface area (TPSA) is 96.7 Å². The molecule has 0 radical (unpaired) electrons. The zero-order valence-electron chi connectivity index (χ0n) is 17.8. The highest BCUT2D eigenvalue weighted by Gasteiger charge is 2.27. The van der Waals surface area contributed by atoms with Crippen molar-refractivity contribution in [1.82, 2.24) is 14.9 Å². The smallest absolute Gasteiger partial charge is 0.265 e. The number of anilines is 1.